The van der Waals surface area contributed by atoms with E-state index in [-0.39, 0.29) is 37.4 Å². The third-order valence-electron chi connectivity index (χ3n) is 4.89. The molecule has 3 rings (SSSR count). The van der Waals surface area contributed by atoms with Crippen LogP contribution in [0.5, 0.6) is 11.5 Å². The molecule has 1 aliphatic heterocycles. The van der Waals surface area contributed by atoms with Crippen molar-refractivity contribution in [1.29, 1.82) is 0 Å². The zero-order valence-corrected chi connectivity index (χ0v) is 17.2. The van der Waals surface area contributed by atoms with Gasteiger partial charge in [-0.2, -0.15) is 0 Å². The van der Waals surface area contributed by atoms with E-state index < -0.39 is 24.8 Å². The molecule has 0 bridgehead atoms. The second-order valence-electron chi connectivity index (χ2n) is 7.31. The molecular formula is C22H24BNO7. The molecule has 0 saturated heterocycles. The molecule has 9 heteroatoms. The van der Waals surface area contributed by atoms with Crippen molar-refractivity contribution in [2.24, 2.45) is 5.73 Å². The van der Waals surface area contributed by atoms with Crippen LogP contribution in [-0.2, 0) is 27.2 Å². The van der Waals surface area contributed by atoms with Gasteiger partial charge < -0.3 is 24.9 Å². The van der Waals surface area contributed by atoms with Gasteiger partial charge in [0, 0.05) is 18.7 Å². The second kappa shape index (κ2) is 10.1. The Bertz CT molecular complexity index is 978. The van der Waals surface area contributed by atoms with E-state index in [1.165, 1.54) is 0 Å². The van der Waals surface area contributed by atoms with E-state index in [4.69, 9.17) is 19.9 Å². The molecule has 8 nitrogen and oxygen atoms in total. The Kier molecular flexibility index (Phi) is 7.30. The molecule has 0 unspecified atom stereocenters. The van der Waals surface area contributed by atoms with Gasteiger partial charge in [-0.1, -0.05) is 24.3 Å². The van der Waals surface area contributed by atoms with Gasteiger partial charge in [0.1, 0.15) is 22.8 Å². The SMILES string of the molecule is CCOC(=O)c1cccc2c1OB(O)[C@@H](CC(=O)Cc1cccc(OCC(N)=O)c1)C2. The lowest BCUT2D eigenvalue weighted by Crippen LogP contribution is -2.36. The van der Waals surface area contributed by atoms with Crippen molar-refractivity contribution in [3.05, 3.63) is 59.2 Å². The number of amides is 1. The van der Waals surface area contributed by atoms with Crippen LogP contribution >= 0.6 is 0 Å². The number of rotatable bonds is 9. The molecule has 1 heterocycles. The number of para-hydroxylation sites is 1. The Morgan fingerprint density at radius 2 is 2.00 bits per heavy atom. The largest absolute Gasteiger partial charge is 0.535 e. The molecule has 0 fully saturated rings. The minimum atomic E-state index is -1.21. The van der Waals surface area contributed by atoms with Crippen LogP contribution in [0.3, 0.4) is 0 Å². The number of benzene rings is 2. The lowest BCUT2D eigenvalue weighted by molar-refractivity contribution is -0.120. The summed E-state index contributed by atoms with van der Waals surface area (Å²) in [6, 6.07) is 12.0. The minimum absolute atomic E-state index is 0.0790. The Labute approximate surface area is 180 Å². The number of primary amides is 1. The zero-order valence-electron chi connectivity index (χ0n) is 17.2. The number of hydrogen-bond acceptors (Lipinski definition) is 7. The lowest BCUT2D eigenvalue weighted by Gasteiger charge is -2.28. The molecule has 0 radical (unpaired) electrons. The molecule has 1 atom stereocenters. The summed E-state index contributed by atoms with van der Waals surface area (Å²) in [5.74, 6) is -0.864. The van der Waals surface area contributed by atoms with Crippen molar-refractivity contribution in [2.75, 3.05) is 13.2 Å². The Hall–Kier alpha value is -3.33. The number of carbonyl (C=O) groups is 3. The fourth-order valence-corrected chi connectivity index (χ4v) is 3.52. The van der Waals surface area contributed by atoms with E-state index in [1.54, 1.807) is 49.4 Å². The van der Waals surface area contributed by atoms with Gasteiger partial charge in [0.15, 0.2) is 6.61 Å². The van der Waals surface area contributed by atoms with E-state index >= 15 is 0 Å². The molecule has 2 aromatic rings. The summed E-state index contributed by atoms with van der Waals surface area (Å²) >= 11 is 0. The number of ketones is 1. The fourth-order valence-electron chi connectivity index (χ4n) is 3.52. The van der Waals surface area contributed by atoms with Crippen LogP contribution in [0.2, 0.25) is 5.82 Å². The summed E-state index contributed by atoms with van der Waals surface area (Å²) < 4.78 is 15.9. The zero-order chi connectivity index (χ0) is 22.4. The van der Waals surface area contributed by atoms with Gasteiger partial charge in [-0.3, -0.25) is 9.59 Å². The summed E-state index contributed by atoms with van der Waals surface area (Å²) in [7, 11) is -1.21. The van der Waals surface area contributed by atoms with Gasteiger partial charge in [0.2, 0.25) is 0 Å². The molecule has 0 aromatic heterocycles. The van der Waals surface area contributed by atoms with Crippen molar-refractivity contribution < 1.29 is 33.5 Å². The summed E-state index contributed by atoms with van der Waals surface area (Å²) in [6.45, 7) is 1.71. The van der Waals surface area contributed by atoms with Crippen LogP contribution in [-0.4, -0.2) is 43.0 Å². The maximum Gasteiger partial charge on any atom is 0.526 e. The Morgan fingerprint density at radius 3 is 2.74 bits per heavy atom. The Morgan fingerprint density at radius 1 is 1.23 bits per heavy atom. The predicted octanol–water partition coefficient (Wildman–Crippen LogP) is 1.71. The average molecular weight is 425 g/mol. The third-order valence-corrected chi connectivity index (χ3v) is 4.89. The maximum atomic E-state index is 12.6. The summed E-state index contributed by atoms with van der Waals surface area (Å²) in [5.41, 5.74) is 6.80. The van der Waals surface area contributed by atoms with Crippen molar-refractivity contribution in [2.45, 2.75) is 32.0 Å². The van der Waals surface area contributed by atoms with Gasteiger partial charge in [-0.15, -0.1) is 0 Å². The lowest BCUT2D eigenvalue weighted by atomic mass is 9.64. The first-order chi connectivity index (χ1) is 14.9. The molecule has 0 spiro atoms. The van der Waals surface area contributed by atoms with Crippen LogP contribution in [0, 0.1) is 0 Å². The van der Waals surface area contributed by atoms with E-state index in [0.717, 1.165) is 11.1 Å². The monoisotopic (exact) mass is 425 g/mol. The van der Waals surface area contributed by atoms with Gasteiger partial charge in [0.05, 0.1) is 6.61 Å². The highest BCUT2D eigenvalue weighted by Gasteiger charge is 2.37. The number of carbonyl (C=O) groups excluding carboxylic acids is 3. The Balaban J connectivity index is 1.64. The smallest absolute Gasteiger partial charge is 0.526 e. The number of fused-ring (bicyclic) bond motifs is 1. The molecule has 2 aromatic carbocycles. The topological polar surface area (TPSA) is 125 Å². The number of nitrogens with two attached hydrogens (primary N) is 1. The fraction of sp³-hybridized carbons (Fsp3) is 0.318. The number of ether oxygens (including phenoxy) is 2. The van der Waals surface area contributed by atoms with Gasteiger partial charge in [-0.25, -0.2) is 4.79 Å². The van der Waals surface area contributed by atoms with Gasteiger partial charge >= 0.3 is 13.1 Å². The van der Waals surface area contributed by atoms with Crippen LogP contribution in [0.25, 0.3) is 0 Å². The molecule has 1 amide bonds. The molecule has 0 aliphatic carbocycles. The van der Waals surface area contributed by atoms with Crippen molar-refractivity contribution in [3.63, 3.8) is 0 Å². The minimum Gasteiger partial charge on any atom is -0.535 e. The summed E-state index contributed by atoms with van der Waals surface area (Å²) in [5, 5.41) is 10.4. The van der Waals surface area contributed by atoms with Crippen molar-refractivity contribution in [1.82, 2.24) is 0 Å². The third kappa shape index (κ3) is 5.85. The first-order valence-electron chi connectivity index (χ1n) is 10.0. The maximum absolute atomic E-state index is 12.6. The molecule has 162 valence electrons. The highest BCUT2D eigenvalue weighted by Crippen LogP contribution is 2.36. The number of Topliss-reactive ketones (excluding diaryl/α,β-unsaturated/α-hetero) is 1. The number of hydrogen-bond donors (Lipinski definition) is 2. The van der Waals surface area contributed by atoms with Gasteiger partial charge in [-0.05, 0) is 42.7 Å². The highest BCUT2D eigenvalue weighted by atomic mass is 16.5. The normalized spacial score (nSPS) is 14.9. The van der Waals surface area contributed by atoms with Crippen LogP contribution in [0.4, 0.5) is 0 Å². The molecule has 3 N–H and O–H groups in total. The standard InChI is InChI=1S/C22H24BNO7/c1-2-29-22(27)19-8-4-6-15-11-16(23(28)31-21(15)19)12-17(25)9-14-5-3-7-18(10-14)30-13-20(24)26/h3-8,10,16,28H,2,9,11-13H2,1H3,(H2,24,26)/t16-/m1/s1. The van der Waals surface area contributed by atoms with E-state index in [9.17, 15) is 19.4 Å². The van der Waals surface area contributed by atoms with E-state index in [2.05, 4.69) is 0 Å². The second-order valence-corrected chi connectivity index (χ2v) is 7.31. The summed E-state index contributed by atoms with van der Waals surface area (Å²) in [4.78, 5) is 35.6. The van der Waals surface area contributed by atoms with Crippen molar-refractivity contribution in [3.8, 4) is 11.5 Å². The van der Waals surface area contributed by atoms with Crippen molar-refractivity contribution >= 4 is 24.8 Å². The molecule has 1 aliphatic rings. The molecule has 0 saturated carbocycles. The van der Waals surface area contributed by atoms with Gasteiger partial charge in [0.25, 0.3) is 5.91 Å². The van der Waals surface area contributed by atoms with E-state index in [1.807, 2.05) is 0 Å². The quantitative estimate of drug-likeness (QED) is 0.463. The first-order valence-corrected chi connectivity index (χ1v) is 10.0. The van der Waals surface area contributed by atoms with Crippen LogP contribution in [0.1, 0.15) is 34.8 Å². The molecule has 31 heavy (non-hydrogen) atoms. The highest BCUT2D eigenvalue weighted by molar-refractivity contribution is 6.47. The summed E-state index contributed by atoms with van der Waals surface area (Å²) in [6.07, 6.45) is 0.653. The number of esters is 1. The van der Waals surface area contributed by atoms with Crippen LogP contribution in [0.15, 0.2) is 42.5 Å². The first kappa shape index (κ1) is 22.4. The van der Waals surface area contributed by atoms with Crippen LogP contribution < -0.4 is 15.1 Å². The van der Waals surface area contributed by atoms with E-state index in [0.29, 0.717) is 17.9 Å². The predicted molar refractivity (Wildman–Crippen MR) is 113 cm³/mol. The molecular weight excluding hydrogens is 401 g/mol. The average Bonchev–Trinajstić information content (AvgIpc) is 2.73.